The van der Waals surface area contributed by atoms with Crippen LogP contribution >= 0.6 is 11.3 Å². The maximum Gasteiger partial charge on any atom is 0.312 e. The molecule has 3 heterocycles. The normalized spacial score (nSPS) is 13.0. The average molecular weight is 411 g/mol. The van der Waals surface area contributed by atoms with E-state index in [1.807, 2.05) is 12.1 Å². The van der Waals surface area contributed by atoms with Gasteiger partial charge in [0.05, 0.1) is 12.1 Å². The molecule has 1 amide bonds. The Kier molecular flexibility index (Phi) is 5.39. The highest BCUT2D eigenvalue weighted by Crippen LogP contribution is 2.34. The summed E-state index contributed by atoms with van der Waals surface area (Å²) in [4.78, 5) is 33.0. The molecule has 0 saturated heterocycles. The number of rotatable bonds is 6. The maximum absolute atomic E-state index is 12.3. The summed E-state index contributed by atoms with van der Waals surface area (Å²) in [7, 11) is 0. The van der Waals surface area contributed by atoms with Gasteiger partial charge in [-0.15, -0.1) is 11.3 Å². The van der Waals surface area contributed by atoms with Gasteiger partial charge in [0, 0.05) is 35.1 Å². The Bertz CT molecular complexity index is 1040. The molecule has 148 valence electrons. The van der Waals surface area contributed by atoms with Crippen molar-refractivity contribution >= 4 is 28.9 Å². The summed E-state index contributed by atoms with van der Waals surface area (Å²) in [6, 6.07) is 8.78. The standard InChI is InChI=1S/C20H17N3O5S/c1-12(19(25)22-14-4-5-16-17(7-14)27-11-26-16)28-18(24)8-15-10-29-20(23-15)13-3-2-6-21-9-13/h2-7,9-10,12H,8,11H2,1H3,(H,22,25)/t12-/m0/s1. The van der Waals surface area contributed by atoms with E-state index in [4.69, 9.17) is 14.2 Å². The number of ether oxygens (including phenoxy) is 3. The number of hydrogen-bond acceptors (Lipinski definition) is 8. The predicted octanol–water partition coefficient (Wildman–Crippen LogP) is 3.05. The molecular formula is C20H17N3O5S. The van der Waals surface area contributed by atoms with Gasteiger partial charge in [0.15, 0.2) is 17.6 Å². The number of esters is 1. The summed E-state index contributed by atoms with van der Waals surface area (Å²) in [6.07, 6.45) is 2.43. The third-order valence-corrected chi connectivity index (χ3v) is 5.04. The fourth-order valence-electron chi connectivity index (χ4n) is 2.67. The highest BCUT2D eigenvalue weighted by Gasteiger charge is 2.20. The van der Waals surface area contributed by atoms with Crippen LogP contribution in [-0.2, 0) is 20.7 Å². The summed E-state index contributed by atoms with van der Waals surface area (Å²) < 4.78 is 15.8. The van der Waals surface area contributed by atoms with Crippen molar-refractivity contribution in [1.29, 1.82) is 0 Å². The third-order valence-electron chi connectivity index (χ3n) is 4.10. The van der Waals surface area contributed by atoms with Gasteiger partial charge in [-0.3, -0.25) is 14.6 Å². The molecule has 3 aromatic rings. The monoisotopic (exact) mass is 411 g/mol. The van der Waals surface area contributed by atoms with E-state index < -0.39 is 18.0 Å². The van der Waals surface area contributed by atoms with Crippen LogP contribution in [0.25, 0.3) is 10.6 Å². The number of nitrogens with one attached hydrogen (secondary N) is 1. The predicted molar refractivity (Wildman–Crippen MR) is 106 cm³/mol. The average Bonchev–Trinajstić information content (AvgIpc) is 3.37. The van der Waals surface area contributed by atoms with Gasteiger partial charge in [-0.25, -0.2) is 4.98 Å². The number of nitrogens with zero attached hydrogens (tertiary/aromatic N) is 2. The van der Waals surface area contributed by atoms with E-state index in [1.165, 1.54) is 18.3 Å². The first-order valence-electron chi connectivity index (χ1n) is 8.83. The van der Waals surface area contributed by atoms with Gasteiger partial charge in [-0.05, 0) is 31.2 Å². The van der Waals surface area contributed by atoms with E-state index in [0.717, 1.165) is 10.6 Å². The van der Waals surface area contributed by atoms with E-state index >= 15 is 0 Å². The van der Waals surface area contributed by atoms with Gasteiger partial charge in [0.2, 0.25) is 6.79 Å². The fraction of sp³-hybridized carbons (Fsp3) is 0.200. The van der Waals surface area contributed by atoms with Crippen molar-refractivity contribution in [3.63, 3.8) is 0 Å². The first-order chi connectivity index (χ1) is 14.1. The molecule has 29 heavy (non-hydrogen) atoms. The highest BCUT2D eigenvalue weighted by atomic mass is 32.1. The smallest absolute Gasteiger partial charge is 0.312 e. The minimum atomic E-state index is -0.954. The highest BCUT2D eigenvalue weighted by molar-refractivity contribution is 7.13. The number of thiazole rings is 1. The van der Waals surface area contributed by atoms with Crippen molar-refractivity contribution in [1.82, 2.24) is 9.97 Å². The number of amides is 1. The molecule has 1 aromatic carbocycles. The number of carbonyl (C=O) groups excluding carboxylic acids is 2. The number of fused-ring (bicyclic) bond motifs is 1. The molecule has 0 unspecified atom stereocenters. The van der Waals surface area contributed by atoms with Gasteiger partial charge in [-0.2, -0.15) is 0 Å². The molecule has 1 aliphatic heterocycles. The van der Waals surface area contributed by atoms with Crippen LogP contribution in [0, 0.1) is 0 Å². The minimum Gasteiger partial charge on any atom is -0.454 e. The molecule has 8 nitrogen and oxygen atoms in total. The second kappa shape index (κ2) is 8.27. The van der Waals surface area contributed by atoms with Gasteiger partial charge in [0.1, 0.15) is 5.01 Å². The van der Waals surface area contributed by atoms with Crippen LogP contribution in [0.2, 0.25) is 0 Å². The second-order valence-electron chi connectivity index (χ2n) is 6.25. The summed E-state index contributed by atoms with van der Waals surface area (Å²) in [5, 5.41) is 5.26. The molecule has 0 radical (unpaired) electrons. The Morgan fingerprint density at radius 1 is 1.28 bits per heavy atom. The van der Waals surface area contributed by atoms with Crippen molar-refractivity contribution < 1.29 is 23.8 Å². The number of hydrogen-bond donors (Lipinski definition) is 1. The topological polar surface area (TPSA) is 99.6 Å². The van der Waals surface area contributed by atoms with Crippen molar-refractivity contribution in [2.24, 2.45) is 0 Å². The summed E-state index contributed by atoms with van der Waals surface area (Å²) in [6.45, 7) is 1.67. The third kappa shape index (κ3) is 4.52. The molecule has 1 N–H and O–H groups in total. The lowest BCUT2D eigenvalue weighted by molar-refractivity contribution is -0.152. The Morgan fingerprint density at radius 2 is 2.14 bits per heavy atom. The largest absolute Gasteiger partial charge is 0.454 e. The lowest BCUT2D eigenvalue weighted by Crippen LogP contribution is -2.30. The second-order valence-corrected chi connectivity index (χ2v) is 7.11. The lowest BCUT2D eigenvalue weighted by atomic mass is 10.2. The zero-order valence-corrected chi connectivity index (χ0v) is 16.3. The Hall–Kier alpha value is -3.46. The van der Waals surface area contributed by atoms with Gasteiger partial charge < -0.3 is 19.5 Å². The van der Waals surface area contributed by atoms with Crippen LogP contribution in [0.15, 0.2) is 48.1 Å². The Labute approximate surface area is 170 Å². The first kappa shape index (κ1) is 18.9. The minimum absolute atomic E-state index is 0.0155. The van der Waals surface area contributed by atoms with Gasteiger partial charge in [-0.1, -0.05) is 0 Å². The molecule has 0 aliphatic carbocycles. The maximum atomic E-state index is 12.3. The van der Waals surface area contributed by atoms with Crippen molar-refractivity contribution in [2.75, 3.05) is 12.1 Å². The van der Waals surface area contributed by atoms with Crippen molar-refractivity contribution in [3.05, 3.63) is 53.8 Å². The van der Waals surface area contributed by atoms with Crippen molar-refractivity contribution in [3.8, 4) is 22.1 Å². The summed E-state index contributed by atoms with van der Waals surface area (Å²) >= 11 is 1.42. The Balaban J connectivity index is 1.31. The van der Waals surface area contributed by atoms with Gasteiger partial charge >= 0.3 is 5.97 Å². The molecule has 0 spiro atoms. The van der Waals surface area contributed by atoms with E-state index in [0.29, 0.717) is 22.9 Å². The molecule has 1 atom stereocenters. The van der Waals surface area contributed by atoms with E-state index in [-0.39, 0.29) is 13.2 Å². The fourth-order valence-corrected chi connectivity index (χ4v) is 3.48. The van der Waals surface area contributed by atoms with E-state index in [9.17, 15) is 9.59 Å². The molecule has 0 fully saturated rings. The van der Waals surface area contributed by atoms with E-state index in [2.05, 4.69) is 15.3 Å². The van der Waals surface area contributed by atoms with E-state index in [1.54, 1.807) is 36.0 Å². The molecule has 0 bridgehead atoms. The van der Waals surface area contributed by atoms with Crippen LogP contribution in [0.1, 0.15) is 12.6 Å². The number of anilines is 1. The zero-order chi connectivity index (χ0) is 20.2. The van der Waals surface area contributed by atoms with Crippen LogP contribution in [0.5, 0.6) is 11.5 Å². The lowest BCUT2D eigenvalue weighted by Gasteiger charge is -2.13. The van der Waals surface area contributed by atoms with Crippen LogP contribution in [0.4, 0.5) is 5.69 Å². The molecule has 1 aliphatic rings. The van der Waals surface area contributed by atoms with Crippen LogP contribution < -0.4 is 14.8 Å². The summed E-state index contributed by atoms with van der Waals surface area (Å²) in [5.41, 5.74) is 2.00. The summed E-state index contributed by atoms with van der Waals surface area (Å²) in [5.74, 6) is 0.213. The molecule has 2 aromatic heterocycles. The molecule has 9 heteroatoms. The number of aromatic nitrogens is 2. The zero-order valence-electron chi connectivity index (χ0n) is 15.5. The SMILES string of the molecule is C[C@H](OC(=O)Cc1csc(-c2cccnc2)n1)C(=O)Nc1ccc2c(c1)OCO2. The number of benzene rings is 1. The quantitative estimate of drug-likeness (QED) is 0.622. The number of pyridine rings is 1. The van der Waals surface area contributed by atoms with Crippen molar-refractivity contribution in [2.45, 2.75) is 19.4 Å². The first-order valence-corrected chi connectivity index (χ1v) is 9.71. The van der Waals surface area contributed by atoms with Crippen LogP contribution in [-0.4, -0.2) is 34.7 Å². The van der Waals surface area contributed by atoms with Crippen LogP contribution in [0.3, 0.4) is 0 Å². The molecule has 4 rings (SSSR count). The molecular weight excluding hydrogens is 394 g/mol. The number of carbonyl (C=O) groups is 2. The molecule has 0 saturated carbocycles. The Morgan fingerprint density at radius 3 is 2.97 bits per heavy atom. The van der Waals surface area contributed by atoms with Gasteiger partial charge in [0.25, 0.3) is 5.91 Å².